The molecule has 0 aromatic rings. The van der Waals surface area contributed by atoms with Crippen LogP contribution in [0, 0.1) is 5.92 Å². The van der Waals surface area contributed by atoms with Gasteiger partial charge in [-0.2, -0.15) is 0 Å². The molecule has 2 aliphatic heterocycles. The molecule has 3 fully saturated rings. The highest BCUT2D eigenvalue weighted by Gasteiger charge is 2.34. The molecule has 4 nitrogen and oxygen atoms in total. The number of aliphatic hydroxyl groups is 1. The first-order valence-corrected chi connectivity index (χ1v) is 9.93. The molecule has 0 amide bonds. The van der Waals surface area contributed by atoms with Gasteiger partial charge < -0.3 is 15.3 Å². The summed E-state index contributed by atoms with van der Waals surface area (Å²) < 4.78 is 0. The van der Waals surface area contributed by atoms with Gasteiger partial charge in [0.15, 0.2) is 0 Å². The van der Waals surface area contributed by atoms with Crippen LogP contribution in [0.15, 0.2) is 0 Å². The lowest BCUT2D eigenvalue weighted by Crippen LogP contribution is -2.56. The lowest BCUT2D eigenvalue weighted by molar-refractivity contribution is 0.00491. The molecule has 134 valence electrons. The van der Waals surface area contributed by atoms with Crippen molar-refractivity contribution in [3.8, 4) is 0 Å². The van der Waals surface area contributed by atoms with Crippen molar-refractivity contribution in [2.24, 2.45) is 5.92 Å². The van der Waals surface area contributed by atoms with Gasteiger partial charge in [0.2, 0.25) is 0 Å². The summed E-state index contributed by atoms with van der Waals surface area (Å²) in [4.78, 5) is 5.07. The average Bonchev–Trinajstić information content (AvgIpc) is 2.54. The normalized spacial score (nSPS) is 42.0. The first-order chi connectivity index (χ1) is 11.0. The molecule has 4 heteroatoms. The molecule has 2 N–H and O–H groups in total. The predicted molar refractivity (Wildman–Crippen MR) is 95.7 cm³/mol. The number of rotatable bonds is 3. The smallest absolute Gasteiger partial charge is 0.0695 e. The third-order valence-corrected chi connectivity index (χ3v) is 6.75. The molecule has 1 aliphatic carbocycles. The Morgan fingerprint density at radius 2 is 1.70 bits per heavy atom. The summed E-state index contributed by atoms with van der Waals surface area (Å²) in [6, 6.07) is 2.49. The van der Waals surface area contributed by atoms with E-state index in [1.807, 2.05) is 0 Å². The second-order valence-corrected chi connectivity index (χ2v) is 8.50. The lowest BCUT2D eigenvalue weighted by atomic mass is 9.87. The Morgan fingerprint density at radius 3 is 2.39 bits per heavy atom. The summed E-state index contributed by atoms with van der Waals surface area (Å²) in [6.07, 6.45) is 8.40. The number of likely N-dealkylation sites (tertiary alicyclic amines) is 2. The van der Waals surface area contributed by atoms with Crippen molar-refractivity contribution in [3.63, 3.8) is 0 Å². The van der Waals surface area contributed by atoms with Crippen LogP contribution in [0.3, 0.4) is 0 Å². The average molecular weight is 324 g/mol. The van der Waals surface area contributed by atoms with Crippen LogP contribution in [0.25, 0.3) is 0 Å². The molecule has 3 rings (SSSR count). The molecule has 23 heavy (non-hydrogen) atoms. The van der Waals surface area contributed by atoms with Crippen LogP contribution in [0.1, 0.15) is 58.8 Å². The minimum Gasteiger partial charge on any atom is -0.391 e. The zero-order valence-electron chi connectivity index (χ0n) is 15.4. The molecule has 1 saturated carbocycles. The zero-order valence-corrected chi connectivity index (χ0v) is 15.4. The van der Waals surface area contributed by atoms with Gasteiger partial charge in [-0.15, -0.1) is 0 Å². The maximum Gasteiger partial charge on any atom is 0.0695 e. The third-order valence-electron chi connectivity index (χ3n) is 6.75. The van der Waals surface area contributed by atoms with Crippen molar-refractivity contribution in [1.29, 1.82) is 0 Å². The van der Waals surface area contributed by atoms with E-state index in [0.29, 0.717) is 24.2 Å². The summed E-state index contributed by atoms with van der Waals surface area (Å²) in [6.45, 7) is 8.29. The molecule has 2 saturated heterocycles. The van der Waals surface area contributed by atoms with Gasteiger partial charge in [-0.1, -0.05) is 19.8 Å². The molecule has 3 aliphatic rings. The van der Waals surface area contributed by atoms with Gasteiger partial charge in [-0.3, -0.25) is 4.90 Å². The number of nitrogens with one attached hydrogen (secondary N) is 1. The Bertz CT molecular complexity index is 370. The zero-order chi connectivity index (χ0) is 16.4. The van der Waals surface area contributed by atoms with Crippen LogP contribution in [-0.4, -0.2) is 71.9 Å². The quantitative estimate of drug-likeness (QED) is 0.834. The minimum absolute atomic E-state index is 0.0805. The fourth-order valence-electron chi connectivity index (χ4n) is 4.99. The van der Waals surface area contributed by atoms with E-state index < -0.39 is 0 Å². The van der Waals surface area contributed by atoms with E-state index >= 15 is 0 Å². The Balaban J connectivity index is 1.45. The molecular weight excluding hydrogens is 286 g/mol. The highest BCUT2D eigenvalue weighted by molar-refractivity contribution is 4.91. The molecule has 0 aromatic heterocycles. The summed E-state index contributed by atoms with van der Waals surface area (Å²) in [5.41, 5.74) is 0. The van der Waals surface area contributed by atoms with Crippen molar-refractivity contribution in [3.05, 3.63) is 0 Å². The fraction of sp³-hybridized carbons (Fsp3) is 1.00. The van der Waals surface area contributed by atoms with Gasteiger partial charge in [0, 0.05) is 43.8 Å². The Hall–Kier alpha value is -0.160. The summed E-state index contributed by atoms with van der Waals surface area (Å²) in [7, 11) is 2.26. The van der Waals surface area contributed by atoms with Crippen LogP contribution < -0.4 is 5.32 Å². The van der Waals surface area contributed by atoms with Crippen molar-refractivity contribution >= 4 is 0 Å². The van der Waals surface area contributed by atoms with Crippen LogP contribution in [0.5, 0.6) is 0 Å². The number of hydrogen-bond acceptors (Lipinski definition) is 4. The van der Waals surface area contributed by atoms with Gasteiger partial charge in [-0.25, -0.2) is 0 Å². The maximum atomic E-state index is 10.3. The minimum atomic E-state index is -0.0805. The predicted octanol–water partition coefficient (Wildman–Crippen LogP) is 2.07. The van der Waals surface area contributed by atoms with E-state index in [2.05, 4.69) is 36.0 Å². The van der Waals surface area contributed by atoms with Crippen molar-refractivity contribution in [1.82, 2.24) is 15.1 Å². The van der Waals surface area contributed by atoms with E-state index in [9.17, 15) is 5.11 Å². The topological polar surface area (TPSA) is 38.7 Å². The first-order valence-electron chi connectivity index (χ1n) is 9.93. The van der Waals surface area contributed by atoms with E-state index in [4.69, 9.17) is 0 Å². The van der Waals surface area contributed by atoms with Crippen LogP contribution >= 0.6 is 0 Å². The fourth-order valence-corrected chi connectivity index (χ4v) is 4.99. The monoisotopic (exact) mass is 323 g/mol. The van der Waals surface area contributed by atoms with Gasteiger partial charge in [0.05, 0.1) is 6.10 Å². The van der Waals surface area contributed by atoms with Crippen molar-refractivity contribution < 1.29 is 5.11 Å². The summed E-state index contributed by atoms with van der Waals surface area (Å²) in [5, 5.41) is 14.3. The molecule has 0 aromatic carbocycles. The molecule has 0 bridgehead atoms. The SMILES string of the molecule is CC1CN(C)C(C)CC1NC1CCN(C2CCCCC2O)CC1. The standard InChI is InChI=1S/C19H37N3O/c1-14-13-21(3)15(2)12-17(14)20-16-8-10-22(11-9-16)18-6-4-5-7-19(18)23/h14-20,23H,4-13H2,1-3H3. The van der Waals surface area contributed by atoms with Crippen molar-refractivity contribution in [2.45, 2.75) is 89.1 Å². The van der Waals surface area contributed by atoms with Crippen molar-refractivity contribution in [2.75, 3.05) is 26.7 Å². The Morgan fingerprint density at radius 1 is 1.00 bits per heavy atom. The third kappa shape index (κ3) is 4.28. The summed E-state index contributed by atoms with van der Waals surface area (Å²) >= 11 is 0. The van der Waals surface area contributed by atoms with E-state index in [1.54, 1.807) is 0 Å². The van der Waals surface area contributed by atoms with Crippen LogP contribution in [-0.2, 0) is 0 Å². The van der Waals surface area contributed by atoms with Gasteiger partial charge in [0.1, 0.15) is 0 Å². The lowest BCUT2D eigenvalue weighted by Gasteiger charge is -2.45. The molecule has 5 atom stereocenters. The second-order valence-electron chi connectivity index (χ2n) is 8.50. The van der Waals surface area contributed by atoms with Gasteiger partial charge in [0.25, 0.3) is 0 Å². The number of piperidine rings is 2. The van der Waals surface area contributed by atoms with Gasteiger partial charge >= 0.3 is 0 Å². The van der Waals surface area contributed by atoms with E-state index in [1.165, 1.54) is 45.1 Å². The largest absolute Gasteiger partial charge is 0.391 e. The summed E-state index contributed by atoms with van der Waals surface area (Å²) in [5.74, 6) is 0.745. The molecular formula is C19H37N3O. The second kappa shape index (κ2) is 7.81. The highest BCUT2D eigenvalue weighted by Crippen LogP contribution is 2.27. The maximum absolute atomic E-state index is 10.3. The molecule has 0 spiro atoms. The Labute approximate surface area is 142 Å². The molecule has 0 radical (unpaired) electrons. The molecule has 5 unspecified atom stereocenters. The molecule has 2 heterocycles. The van der Waals surface area contributed by atoms with Gasteiger partial charge in [-0.05, 0) is 52.0 Å². The number of aliphatic hydroxyl groups excluding tert-OH is 1. The number of nitrogens with zero attached hydrogens (tertiary/aromatic N) is 2. The van der Waals surface area contributed by atoms with E-state index in [-0.39, 0.29) is 6.10 Å². The number of hydrogen-bond donors (Lipinski definition) is 2. The first kappa shape index (κ1) is 17.7. The van der Waals surface area contributed by atoms with Crippen LogP contribution in [0.2, 0.25) is 0 Å². The van der Waals surface area contributed by atoms with E-state index in [0.717, 1.165) is 25.4 Å². The highest BCUT2D eigenvalue weighted by atomic mass is 16.3. The van der Waals surface area contributed by atoms with Crippen LogP contribution in [0.4, 0.5) is 0 Å². The Kier molecular flexibility index (Phi) is 6.00.